The molecule has 0 aliphatic heterocycles. The van der Waals surface area contributed by atoms with Crippen molar-refractivity contribution in [2.45, 2.75) is 45.4 Å². The monoisotopic (exact) mass is 234 g/mol. The van der Waals surface area contributed by atoms with E-state index in [4.69, 9.17) is 0 Å². The molecule has 0 aromatic heterocycles. The first kappa shape index (κ1) is 15.7. The van der Waals surface area contributed by atoms with E-state index in [0.29, 0.717) is 0 Å². The van der Waals surface area contributed by atoms with E-state index >= 15 is 0 Å². The van der Waals surface area contributed by atoms with Gasteiger partial charge < -0.3 is 0 Å². The Kier molecular flexibility index (Phi) is 11.8. The van der Waals surface area contributed by atoms with E-state index in [0.717, 1.165) is 6.54 Å². The van der Waals surface area contributed by atoms with Crippen molar-refractivity contribution in [1.82, 2.24) is 5.01 Å². The molecule has 0 radical (unpaired) electrons. The topological polar surface area (TPSA) is 15.6 Å². The first-order chi connectivity index (χ1) is 8.35. The highest BCUT2D eigenvalue weighted by Crippen LogP contribution is 2.06. The molecule has 0 unspecified atom stereocenters. The smallest absolute Gasteiger partial charge is 0.0474 e. The normalized spacial score (nSPS) is 11.1. The van der Waals surface area contributed by atoms with Crippen molar-refractivity contribution in [3.8, 4) is 0 Å². The highest BCUT2D eigenvalue weighted by atomic mass is 15.4. The van der Waals surface area contributed by atoms with Gasteiger partial charge in [0.2, 0.25) is 0 Å². The summed E-state index contributed by atoms with van der Waals surface area (Å²) in [5.74, 6) is 0. The van der Waals surface area contributed by atoms with Crippen molar-refractivity contribution >= 4 is 6.21 Å². The fourth-order valence-electron chi connectivity index (χ4n) is 1.50. The lowest BCUT2D eigenvalue weighted by Crippen LogP contribution is -2.10. The van der Waals surface area contributed by atoms with E-state index in [1.54, 1.807) is 18.5 Å². The van der Waals surface area contributed by atoms with E-state index < -0.39 is 0 Å². The first-order valence-corrected chi connectivity index (χ1v) is 6.56. The molecule has 17 heavy (non-hydrogen) atoms. The Morgan fingerprint density at radius 1 is 1.00 bits per heavy atom. The number of hydrazone groups is 1. The van der Waals surface area contributed by atoms with E-state index in [1.807, 2.05) is 17.2 Å². The van der Waals surface area contributed by atoms with Crippen LogP contribution in [-0.2, 0) is 0 Å². The van der Waals surface area contributed by atoms with E-state index in [2.05, 4.69) is 25.2 Å². The van der Waals surface area contributed by atoms with Crippen LogP contribution in [0.2, 0.25) is 0 Å². The highest BCUT2D eigenvalue weighted by Gasteiger charge is 1.94. The fourth-order valence-corrected chi connectivity index (χ4v) is 1.50. The molecule has 0 rings (SSSR count). The summed E-state index contributed by atoms with van der Waals surface area (Å²) in [6.07, 6.45) is 16.8. The van der Waals surface area contributed by atoms with Crippen molar-refractivity contribution in [3.05, 3.63) is 37.6 Å². The number of hydrogen-bond donors (Lipinski definition) is 0. The number of nitrogens with zero attached hydrogens (tertiary/aromatic N) is 2. The lowest BCUT2D eigenvalue weighted by Gasteiger charge is -2.12. The lowest BCUT2D eigenvalue weighted by molar-refractivity contribution is 0.384. The molecule has 0 saturated carbocycles. The van der Waals surface area contributed by atoms with Gasteiger partial charge in [-0.3, -0.25) is 5.01 Å². The summed E-state index contributed by atoms with van der Waals surface area (Å²) in [6, 6.07) is 0. The minimum absolute atomic E-state index is 0.952. The Balaban J connectivity index is 3.60. The Morgan fingerprint density at radius 2 is 1.71 bits per heavy atom. The predicted octanol–water partition coefficient (Wildman–Crippen LogP) is 4.52. The van der Waals surface area contributed by atoms with Crippen molar-refractivity contribution in [2.24, 2.45) is 5.10 Å². The summed E-state index contributed by atoms with van der Waals surface area (Å²) in [7, 11) is 0. The van der Waals surface area contributed by atoms with Crippen molar-refractivity contribution < 1.29 is 0 Å². The van der Waals surface area contributed by atoms with Crippen LogP contribution in [0.25, 0.3) is 0 Å². The Bertz CT molecular complexity index is 241. The minimum atomic E-state index is 0.952. The molecule has 0 N–H and O–H groups in total. The SMILES string of the molecule is C=C/C=C\C=N/N(C=C)CCCCCCCC. The van der Waals surface area contributed by atoms with E-state index in [1.165, 1.54) is 38.5 Å². The third kappa shape index (κ3) is 11.0. The van der Waals surface area contributed by atoms with Gasteiger partial charge >= 0.3 is 0 Å². The third-order valence-electron chi connectivity index (χ3n) is 2.50. The zero-order chi connectivity index (χ0) is 12.8. The van der Waals surface area contributed by atoms with Crippen molar-refractivity contribution in [2.75, 3.05) is 6.54 Å². The van der Waals surface area contributed by atoms with E-state index in [9.17, 15) is 0 Å². The van der Waals surface area contributed by atoms with Gasteiger partial charge in [-0.2, -0.15) is 5.10 Å². The maximum absolute atomic E-state index is 4.27. The third-order valence-corrected chi connectivity index (χ3v) is 2.50. The lowest BCUT2D eigenvalue weighted by atomic mass is 10.1. The summed E-state index contributed by atoms with van der Waals surface area (Å²) >= 11 is 0. The van der Waals surface area contributed by atoms with Gasteiger partial charge in [0.15, 0.2) is 0 Å². The molecule has 0 bridgehead atoms. The molecule has 0 amide bonds. The van der Waals surface area contributed by atoms with Gasteiger partial charge in [-0.1, -0.05) is 64.3 Å². The molecule has 2 heteroatoms. The average molecular weight is 234 g/mol. The largest absolute Gasteiger partial charge is 0.273 e. The number of allylic oxidation sites excluding steroid dienone is 3. The summed E-state index contributed by atoms with van der Waals surface area (Å²) in [6.45, 7) is 10.5. The van der Waals surface area contributed by atoms with Crippen LogP contribution in [0.1, 0.15) is 45.4 Å². The standard InChI is InChI=1S/C15H26N2/c1-4-7-9-10-11-13-15-17(6-3)16-14-12-8-5-2/h5-6,8,12,14H,2-4,7,9-11,13,15H2,1H3/b12-8-,16-14-. The van der Waals surface area contributed by atoms with Crippen LogP contribution in [0, 0.1) is 0 Å². The summed E-state index contributed by atoms with van der Waals surface area (Å²) in [4.78, 5) is 0. The molecular formula is C15H26N2. The molecule has 0 saturated heterocycles. The van der Waals surface area contributed by atoms with E-state index in [-0.39, 0.29) is 0 Å². The summed E-state index contributed by atoms with van der Waals surface area (Å²) in [5, 5.41) is 6.15. The molecule has 96 valence electrons. The van der Waals surface area contributed by atoms with Crippen LogP contribution in [-0.4, -0.2) is 17.8 Å². The van der Waals surface area contributed by atoms with Gasteiger partial charge in [-0.25, -0.2) is 0 Å². The maximum Gasteiger partial charge on any atom is 0.0474 e. The number of unbranched alkanes of at least 4 members (excludes halogenated alkanes) is 5. The maximum atomic E-state index is 4.27. The second kappa shape index (κ2) is 12.8. The summed E-state index contributed by atoms with van der Waals surface area (Å²) in [5.41, 5.74) is 0. The quantitative estimate of drug-likeness (QED) is 0.222. The number of hydrogen-bond acceptors (Lipinski definition) is 2. The molecule has 0 fully saturated rings. The first-order valence-electron chi connectivity index (χ1n) is 6.56. The molecule has 0 aromatic rings. The van der Waals surface area contributed by atoms with Gasteiger partial charge in [-0.05, 0) is 12.5 Å². The Labute approximate surface area is 106 Å². The van der Waals surface area contributed by atoms with Crippen LogP contribution >= 0.6 is 0 Å². The minimum Gasteiger partial charge on any atom is -0.273 e. The summed E-state index contributed by atoms with van der Waals surface area (Å²) < 4.78 is 0. The van der Waals surface area contributed by atoms with Crippen LogP contribution in [0.5, 0.6) is 0 Å². The van der Waals surface area contributed by atoms with Crippen molar-refractivity contribution in [1.29, 1.82) is 0 Å². The second-order valence-electron chi connectivity index (χ2n) is 4.00. The highest BCUT2D eigenvalue weighted by molar-refractivity contribution is 5.71. The Morgan fingerprint density at radius 3 is 2.35 bits per heavy atom. The van der Waals surface area contributed by atoms with Crippen molar-refractivity contribution in [3.63, 3.8) is 0 Å². The van der Waals surface area contributed by atoms with Crippen LogP contribution in [0.3, 0.4) is 0 Å². The molecule has 0 spiro atoms. The van der Waals surface area contributed by atoms with Crippen LogP contribution in [0.15, 0.2) is 42.7 Å². The van der Waals surface area contributed by atoms with Gasteiger partial charge in [0.25, 0.3) is 0 Å². The van der Waals surface area contributed by atoms with Gasteiger partial charge in [0, 0.05) is 19.0 Å². The van der Waals surface area contributed by atoms with Crippen LogP contribution in [0.4, 0.5) is 0 Å². The Hall–Kier alpha value is -1.31. The van der Waals surface area contributed by atoms with Gasteiger partial charge in [-0.15, -0.1) is 0 Å². The molecule has 2 nitrogen and oxygen atoms in total. The molecule has 0 heterocycles. The van der Waals surface area contributed by atoms with Gasteiger partial charge in [0.1, 0.15) is 0 Å². The molecule has 0 atom stereocenters. The molecule has 0 aromatic carbocycles. The fraction of sp³-hybridized carbons (Fsp3) is 0.533. The molecule has 0 aliphatic rings. The predicted molar refractivity (Wildman–Crippen MR) is 78.1 cm³/mol. The average Bonchev–Trinajstić information content (AvgIpc) is 2.36. The zero-order valence-corrected chi connectivity index (χ0v) is 11.1. The zero-order valence-electron chi connectivity index (χ0n) is 11.1. The van der Waals surface area contributed by atoms with Crippen LogP contribution < -0.4 is 0 Å². The second-order valence-corrected chi connectivity index (χ2v) is 4.00. The van der Waals surface area contributed by atoms with Gasteiger partial charge in [0.05, 0.1) is 0 Å². The number of rotatable bonds is 11. The molecular weight excluding hydrogens is 208 g/mol. The molecule has 0 aliphatic carbocycles.